The van der Waals surface area contributed by atoms with Gasteiger partial charge in [-0.05, 0) is 54.4 Å². The molecular weight excluding hydrogens is 446 g/mol. The first-order valence-electron chi connectivity index (χ1n) is 11.1. The third-order valence-corrected chi connectivity index (χ3v) is 5.75. The molecule has 0 fully saturated rings. The summed E-state index contributed by atoms with van der Waals surface area (Å²) in [6, 6.07) is 15.0. The van der Waals surface area contributed by atoms with E-state index in [9.17, 15) is 9.90 Å². The fraction of sp³-hybridized carbons (Fsp3) is 0.160. The number of rotatable bonds is 9. The Morgan fingerprint density at radius 1 is 1.11 bits per heavy atom. The smallest absolute Gasteiger partial charge is 0.267 e. The van der Waals surface area contributed by atoms with Crippen LogP contribution in [0.1, 0.15) is 21.7 Å². The highest BCUT2D eigenvalue weighted by molar-refractivity contribution is 5.92. The molecule has 0 saturated carbocycles. The molecule has 1 amide bonds. The maximum Gasteiger partial charge on any atom is 0.267 e. The van der Waals surface area contributed by atoms with Crippen LogP contribution in [0.2, 0.25) is 0 Å². The first kappa shape index (κ1) is 22.2. The van der Waals surface area contributed by atoms with E-state index in [0.717, 1.165) is 44.5 Å². The molecule has 0 aliphatic carbocycles. The normalized spacial score (nSPS) is 11.1. The molecular formula is C25H25N7O3. The molecule has 35 heavy (non-hydrogen) atoms. The van der Waals surface area contributed by atoms with Gasteiger partial charge in [0.25, 0.3) is 5.91 Å². The van der Waals surface area contributed by atoms with E-state index in [2.05, 4.69) is 30.6 Å². The number of nitrogens with two attached hydrogens (primary N) is 1. The Morgan fingerprint density at radius 2 is 1.97 bits per heavy atom. The predicted octanol–water partition coefficient (Wildman–Crippen LogP) is 3.44. The number of hydrogen-bond acceptors (Lipinski definition) is 7. The van der Waals surface area contributed by atoms with Gasteiger partial charge in [0.1, 0.15) is 17.3 Å². The van der Waals surface area contributed by atoms with Gasteiger partial charge < -0.3 is 36.2 Å². The minimum Gasteiger partial charge on any atom is -0.497 e. The quantitative estimate of drug-likeness (QED) is 0.192. The van der Waals surface area contributed by atoms with Crippen molar-refractivity contribution < 1.29 is 14.6 Å². The number of carbonyl (C=O) groups is 1. The summed E-state index contributed by atoms with van der Waals surface area (Å²) in [5.74, 6) is 0.887. The number of anilines is 3. The second-order valence-electron chi connectivity index (χ2n) is 8.11. The Labute approximate surface area is 200 Å². The van der Waals surface area contributed by atoms with E-state index in [1.807, 2.05) is 48.7 Å². The van der Waals surface area contributed by atoms with Gasteiger partial charge in [-0.25, -0.2) is 4.98 Å². The first-order chi connectivity index (χ1) is 17.0. The highest BCUT2D eigenvalue weighted by atomic mass is 16.5. The third-order valence-electron chi connectivity index (χ3n) is 5.75. The topological polar surface area (TPSA) is 154 Å². The zero-order valence-electron chi connectivity index (χ0n) is 19.1. The Morgan fingerprint density at radius 3 is 2.77 bits per heavy atom. The Bertz CT molecular complexity index is 1520. The molecule has 5 rings (SSSR count). The summed E-state index contributed by atoms with van der Waals surface area (Å²) < 4.78 is 5.34. The molecule has 10 nitrogen and oxygen atoms in total. The summed E-state index contributed by atoms with van der Waals surface area (Å²) in [7, 11) is 1.65. The van der Waals surface area contributed by atoms with Crippen LogP contribution in [0.25, 0.3) is 21.8 Å². The summed E-state index contributed by atoms with van der Waals surface area (Å²) in [6.07, 6.45) is 2.68. The average molecular weight is 472 g/mol. The van der Waals surface area contributed by atoms with Crippen LogP contribution in [0.15, 0.2) is 54.7 Å². The van der Waals surface area contributed by atoms with E-state index in [1.165, 1.54) is 6.07 Å². The number of aromatic amines is 2. The molecule has 5 aromatic rings. The van der Waals surface area contributed by atoms with Crippen molar-refractivity contribution >= 4 is 45.2 Å². The van der Waals surface area contributed by atoms with Crippen LogP contribution in [0.3, 0.4) is 0 Å². The molecule has 3 heterocycles. The molecule has 178 valence electrons. The van der Waals surface area contributed by atoms with Gasteiger partial charge in [0.15, 0.2) is 0 Å². The Balaban J connectivity index is 1.33. The number of benzene rings is 2. The number of hydrogen-bond donors (Lipinski definition) is 6. The van der Waals surface area contributed by atoms with E-state index >= 15 is 0 Å². The van der Waals surface area contributed by atoms with Crippen LogP contribution < -0.4 is 21.1 Å². The molecule has 0 aliphatic rings. The number of aliphatic hydroxyl groups is 1. The molecule has 3 aromatic heterocycles. The molecule has 0 saturated heterocycles. The summed E-state index contributed by atoms with van der Waals surface area (Å²) in [5.41, 5.74) is 10.2. The monoisotopic (exact) mass is 471 g/mol. The van der Waals surface area contributed by atoms with Crippen LogP contribution in [0, 0.1) is 0 Å². The maximum atomic E-state index is 11.9. The lowest BCUT2D eigenvalue weighted by molar-refractivity contribution is 0.0995. The molecule has 0 aliphatic heterocycles. The summed E-state index contributed by atoms with van der Waals surface area (Å²) in [6.45, 7) is 0.484. The average Bonchev–Trinajstić information content (AvgIpc) is 3.47. The third kappa shape index (κ3) is 4.73. The Hall–Kier alpha value is -4.57. The second-order valence-corrected chi connectivity index (χ2v) is 8.11. The zero-order chi connectivity index (χ0) is 24.4. The SMILES string of the molecule is COc1ccc2[nH]cc(CCNc3nc(Nc4ccc5[nH]c(CO)cc5c4)cc(C(N)=O)n3)c2c1. The standard InChI is InChI=1S/C25H25N7O3/c1-35-18-3-5-21-19(10-18)14(12-28-21)6-7-27-25-31-22(24(26)34)11-23(32-25)30-16-2-4-20-15(8-16)9-17(13-33)29-20/h2-5,8-12,28-29,33H,6-7,13H2,1H3,(H2,26,34)(H2,27,30,31,32). The molecule has 0 bridgehead atoms. The van der Waals surface area contributed by atoms with Crippen LogP contribution in [-0.4, -0.2) is 44.6 Å². The predicted molar refractivity (Wildman–Crippen MR) is 135 cm³/mol. The maximum absolute atomic E-state index is 11.9. The van der Waals surface area contributed by atoms with Crippen molar-refractivity contribution in [1.82, 2.24) is 19.9 Å². The highest BCUT2D eigenvalue weighted by Gasteiger charge is 2.11. The van der Waals surface area contributed by atoms with Crippen LogP contribution >= 0.6 is 0 Å². The molecule has 0 unspecified atom stereocenters. The van der Waals surface area contributed by atoms with Crippen molar-refractivity contribution in [1.29, 1.82) is 0 Å². The lowest BCUT2D eigenvalue weighted by Gasteiger charge is -2.10. The summed E-state index contributed by atoms with van der Waals surface area (Å²) in [5, 5.41) is 17.8. The molecule has 0 radical (unpaired) electrons. The minimum atomic E-state index is -0.643. The second kappa shape index (κ2) is 9.35. The molecule has 7 N–H and O–H groups in total. The molecule has 10 heteroatoms. The number of nitrogens with zero attached hydrogens (tertiary/aromatic N) is 2. The van der Waals surface area contributed by atoms with Crippen molar-refractivity contribution in [2.45, 2.75) is 13.0 Å². The van der Waals surface area contributed by atoms with E-state index < -0.39 is 5.91 Å². The minimum absolute atomic E-state index is 0.0630. The number of aliphatic hydroxyl groups excluding tert-OH is 1. The van der Waals surface area contributed by atoms with Gasteiger partial charge in [-0.15, -0.1) is 0 Å². The van der Waals surface area contributed by atoms with Gasteiger partial charge in [0.05, 0.1) is 13.7 Å². The van der Waals surface area contributed by atoms with Gasteiger partial charge >= 0.3 is 0 Å². The number of fused-ring (bicyclic) bond motifs is 2. The number of carbonyl (C=O) groups excluding carboxylic acids is 1. The van der Waals surface area contributed by atoms with Crippen LogP contribution in [-0.2, 0) is 13.0 Å². The zero-order valence-corrected chi connectivity index (χ0v) is 19.1. The van der Waals surface area contributed by atoms with Crippen molar-refractivity contribution in [3.63, 3.8) is 0 Å². The highest BCUT2D eigenvalue weighted by Crippen LogP contribution is 2.25. The number of ether oxygens (including phenoxy) is 1. The van der Waals surface area contributed by atoms with Gasteiger partial charge in [0.2, 0.25) is 5.95 Å². The van der Waals surface area contributed by atoms with Crippen LogP contribution in [0.5, 0.6) is 5.75 Å². The number of nitrogens with one attached hydrogen (secondary N) is 4. The van der Waals surface area contributed by atoms with Crippen molar-refractivity contribution in [2.75, 3.05) is 24.3 Å². The van der Waals surface area contributed by atoms with E-state index in [-0.39, 0.29) is 12.3 Å². The first-order valence-corrected chi connectivity index (χ1v) is 11.1. The number of methoxy groups -OCH3 is 1. The van der Waals surface area contributed by atoms with E-state index in [4.69, 9.17) is 10.5 Å². The summed E-state index contributed by atoms with van der Waals surface area (Å²) in [4.78, 5) is 27.0. The fourth-order valence-corrected chi connectivity index (χ4v) is 4.02. The number of H-pyrrole nitrogens is 2. The number of aromatic nitrogens is 4. The van der Waals surface area contributed by atoms with E-state index in [0.29, 0.717) is 24.7 Å². The van der Waals surface area contributed by atoms with Crippen LogP contribution in [0.4, 0.5) is 17.5 Å². The van der Waals surface area contributed by atoms with Crippen molar-refractivity contribution in [3.05, 3.63) is 71.7 Å². The largest absolute Gasteiger partial charge is 0.497 e. The molecule has 2 aromatic carbocycles. The van der Waals surface area contributed by atoms with Gasteiger partial charge in [-0.1, -0.05) is 0 Å². The fourth-order valence-electron chi connectivity index (χ4n) is 4.02. The van der Waals surface area contributed by atoms with Crippen molar-refractivity contribution in [2.24, 2.45) is 5.73 Å². The summed E-state index contributed by atoms with van der Waals surface area (Å²) >= 11 is 0. The molecule has 0 atom stereocenters. The Kier molecular flexibility index (Phi) is 5.94. The van der Waals surface area contributed by atoms with E-state index in [1.54, 1.807) is 7.11 Å². The molecule has 0 spiro atoms. The van der Waals surface area contributed by atoms with Crippen molar-refractivity contribution in [3.8, 4) is 5.75 Å². The number of primary amides is 1. The lowest BCUT2D eigenvalue weighted by Crippen LogP contribution is -2.17. The van der Waals surface area contributed by atoms with Gasteiger partial charge in [-0.2, -0.15) is 4.98 Å². The lowest BCUT2D eigenvalue weighted by atomic mass is 10.1. The number of amides is 1. The van der Waals surface area contributed by atoms with Gasteiger partial charge in [0, 0.05) is 52.0 Å². The van der Waals surface area contributed by atoms with Gasteiger partial charge in [-0.3, -0.25) is 4.79 Å².